The van der Waals surface area contributed by atoms with Crippen LogP contribution in [0.4, 0.5) is 5.95 Å². The summed E-state index contributed by atoms with van der Waals surface area (Å²) in [5, 5.41) is 4.41. The van der Waals surface area contributed by atoms with Crippen molar-refractivity contribution in [1.82, 2.24) is 34.3 Å². The molecule has 5 rings (SSSR count). The minimum Gasteiger partial charge on any atom is -0.368 e. The van der Waals surface area contributed by atoms with Crippen LogP contribution in [0.25, 0.3) is 16.9 Å². The molecule has 1 aromatic carbocycles. The standard InChI is InChI=1S/C19H20N8/c1-10-21-11(2)27(25-10)17-9-15(23-19(20)24-17)12-8-13(12)18-22-14-6-4-5-7-16(14)26(18)3/h4-7,9,12-13H,8H2,1-3H3,(H2,20,23,24). The van der Waals surface area contributed by atoms with Gasteiger partial charge in [-0.3, -0.25) is 0 Å². The summed E-state index contributed by atoms with van der Waals surface area (Å²) < 4.78 is 3.89. The van der Waals surface area contributed by atoms with E-state index >= 15 is 0 Å². The largest absolute Gasteiger partial charge is 0.368 e. The number of fused-ring (bicyclic) bond motifs is 1. The average molecular weight is 360 g/mol. The third-order valence-electron chi connectivity index (χ3n) is 5.17. The van der Waals surface area contributed by atoms with Crippen LogP contribution in [0.5, 0.6) is 0 Å². The first-order valence-corrected chi connectivity index (χ1v) is 8.97. The van der Waals surface area contributed by atoms with Gasteiger partial charge in [0, 0.05) is 24.9 Å². The normalized spacial score (nSPS) is 18.9. The number of hydrogen-bond acceptors (Lipinski definition) is 6. The molecular formula is C19H20N8. The fraction of sp³-hybridized carbons (Fsp3) is 0.316. The molecule has 1 aliphatic carbocycles. The number of aromatic nitrogens is 7. The minimum absolute atomic E-state index is 0.255. The summed E-state index contributed by atoms with van der Waals surface area (Å²) in [6.45, 7) is 3.76. The first kappa shape index (κ1) is 15.9. The van der Waals surface area contributed by atoms with Gasteiger partial charge < -0.3 is 10.3 Å². The topological polar surface area (TPSA) is 100 Å². The van der Waals surface area contributed by atoms with Gasteiger partial charge in [-0.05, 0) is 32.4 Å². The van der Waals surface area contributed by atoms with Crippen LogP contribution in [-0.2, 0) is 7.05 Å². The second kappa shape index (κ2) is 5.60. The van der Waals surface area contributed by atoms with E-state index in [9.17, 15) is 0 Å². The number of imidazole rings is 1. The lowest BCUT2D eigenvalue weighted by atomic mass is 10.2. The van der Waals surface area contributed by atoms with Crippen molar-refractivity contribution in [2.75, 3.05) is 5.73 Å². The summed E-state index contributed by atoms with van der Waals surface area (Å²) in [7, 11) is 2.07. The van der Waals surface area contributed by atoms with Crippen molar-refractivity contribution in [3.63, 3.8) is 0 Å². The number of nitrogens with zero attached hydrogens (tertiary/aromatic N) is 7. The molecule has 0 spiro atoms. The van der Waals surface area contributed by atoms with Crippen molar-refractivity contribution in [2.24, 2.45) is 7.05 Å². The Labute approximate surface area is 156 Å². The summed E-state index contributed by atoms with van der Waals surface area (Å²) in [4.78, 5) is 18.0. The van der Waals surface area contributed by atoms with E-state index in [0.29, 0.717) is 17.6 Å². The lowest BCUT2D eigenvalue weighted by Crippen LogP contribution is -2.08. The van der Waals surface area contributed by atoms with Crippen molar-refractivity contribution in [3.05, 3.63) is 53.5 Å². The summed E-state index contributed by atoms with van der Waals surface area (Å²) in [5.41, 5.74) is 9.10. The van der Waals surface area contributed by atoms with Gasteiger partial charge in [0.15, 0.2) is 5.82 Å². The van der Waals surface area contributed by atoms with Gasteiger partial charge in [0.1, 0.15) is 17.5 Å². The van der Waals surface area contributed by atoms with Gasteiger partial charge in [0.2, 0.25) is 5.95 Å². The summed E-state index contributed by atoms with van der Waals surface area (Å²) in [5.74, 6) is 4.11. The minimum atomic E-state index is 0.255. The lowest BCUT2D eigenvalue weighted by molar-refractivity contribution is 0.780. The van der Waals surface area contributed by atoms with Gasteiger partial charge in [-0.25, -0.2) is 15.0 Å². The van der Waals surface area contributed by atoms with E-state index in [1.165, 1.54) is 0 Å². The van der Waals surface area contributed by atoms with E-state index < -0.39 is 0 Å². The molecule has 0 aliphatic heterocycles. The molecule has 3 aromatic heterocycles. The number of aryl methyl sites for hydroxylation is 3. The Morgan fingerprint density at radius 3 is 2.59 bits per heavy atom. The average Bonchev–Trinajstić information content (AvgIpc) is 3.27. The molecule has 27 heavy (non-hydrogen) atoms. The van der Waals surface area contributed by atoms with Gasteiger partial charge in [-0.1, -0.05) is 12.1 Å². The first-order chi connectivity index (χ1) is 13.0. The van der Waals surface area contributed by atoms with Crippen LogP contribution in [0.2, 0.25) is 0 Å². The van der Waals surface area contributed by atoms with E-state index in [1.807, 2.05) is 38.1 Å². The third kappa shape index (κ3) is 2.56. The second-order valence-electron chi connectivity index (χ2n) is 7.09. The molecule has 2 atom stereocenters. The number of para-hydroxylation sites is 2. The molecule has 1 saturated carbocycles. The highest BCUT2D eigenvalue weighted by atomic mass is 15.4. The zero-order valence-electron chi connectivity index (χ0n) is 15.5. The van der Waals surface area contributed by atoms with Crippen molar-refractivity contribution >= 4 is 17.0 Å². The molecule has 1 fully saturated rings. The van der Waals surface area contributed by atoms with Crippen LogP contribution in [0.3, 0.4) is 0 Å². The maximum absolute atomic E-state index is 5.99. The Balaban J connectivity index is 1.51. The van der Waals surface area contributed by atoms with Gasteiger partial charge in [0.25, 0.3) is 0 Å². The van der Waals surface area contributed by atoms with E-state index in [0.717, 1.165) is 34.8 Å². The molecule has 1 aliphatic rings. The van der Waals surface area contributed by atoms with Crippen molar-refractivity contribution in [3.8, 4) is 5.82 Å². The maximum atomic E-state index is 5.99. The first-order valence-electron chi connectivity index (χ1n) is 8.97. The molecule has 0 radical (unpaired) electrons. The molecule has 0 saturated heterocycles. The summed E-state index contributed by atoms with van der Waals surface area (Å²) >= 11 is 0. The van der Waals surface area contributed by atoms with Crippen molar-refractivity contribution in [1.29, 1.82) is 0 Å². The maximum Gasteiger partial charge on any atom is 0.222 e. The van der Waals surface area contributed by atoms with Crippen LogP contribution in [0.1, 0.15) is 41.4 Å². The van der Waals surface area contributed by atoms with Crippen LogP contribution in [0.15, 0.2) is 30.3 Å². The zero-order valence-corrected chi connectivity index (χ0v) is 15.5. The Bertz CT molecular complexity index is 1170. The molecule has 2 N–H and O–H groups in total. The molecule has 2 unspecified atom stereocenters. The zero-order chi connectivity index (χ0) is 18.7. The van der Waals surface area contributed by atoms with Crippen LogP contribution in [0, 0.1) is 13.8 Å². The van der Waals surface area contributed by atoms with Gasteiger partial charge in [-0.2, -0.15) is 9.67 Å². The third-order valence-corrected chi connectivity index (χ3v) is 5.17. The smallest absolute Gasteiger partial charge is 0.222 e. The number of nitrogens with two attached hydrogens (primary N) is 1. The Kier molecular flexibility index (Phi) is 3.30. The van der Waals surface area contributed by atoms with Crippen molar-refractivity contribution in [2.45, 2.75) is 32.1 Å². The SMILES string of the molecule is Cc1nc(C)n(-c2cc(C3CC3c3nc4ccccc4n3C)nc(N)n2)n1. The molecule has 3 heterocycles. The molecule has 0 amide bonds. The number of rotatable bonds is 3. The Morgan fingerprint density at radius 1 is 1.04 bits per heavy atom. The van der Waals surface area contributed by atoms with Gasteiger partial charge in [0.05, 0.1) is 16.7 Å². The fourth-order valence-corrected chi connectivity index (χ4v) is 3.81. The number of benzene rings is 1. The van der Waals surface area contributed by atoms with E-state index in [2.05, 4.69) is 37.7 Å². The monoisotopic (exact) mass is 360 g/mol. The molecule has 4 aromatic rings. The molecule has 8 heteroatoms. The Morgan fingerprint density at radius 2 is 1.85 bits per heavy atom. The number of hydrogen-bond donors (Lipinski definition) is 1. The summed E-state index contributed by atoms with van der Waals surface area (Å²) in [6.07, 6.45) is 1.00. The Hall–Kier alpha value is -3.29. The number of anilines is 1. The predicted octanol–water partition coefficient (Wildman–Crippen LogP) is 2.41. The van der Waals surface area contributed by atoms with E-state index in [-0.39, 0.29) is 11.9 Å². The van der Waals surface area contributed by atoms with E-state index in [4.69, 9.17) is 10.7 Å². The highest BCUT2D eigenvalue weighted by Gasteiger charge is 2.44. The highest BCUT2D eigenvalue weighted by molar-refractivity contribution is 5.76. The number of nitrogen functional groups attached to an aromatic ring is 1. The molecule has 0 bridgehead atoms. The van der Waals surface area contributed by atoms with Crippen LogP contribution < -0.4 is 5.73 Å². The second-order valence-corrected chi connectivity index (χ2v) is 7.09. The molecular weight excluding hydrogens is 340 g/mol. The van der Waals surface area contributed by atoms with Crippen molar-refractivity contribution < 1.29 is 0 Å². The summed E-state index contributed by atoms with van der Waals surface area (Å²) in [6, 6.07) is 10.2. The van der Waals surface area contributed by atoms with Crippen LogP contribution in [-0.4, -0.2) is 34.3 Å². The van der Waals surface area contributed by atoms with Crippen LogP contribution >= 0.6 is 0 Å². The quantitative estimate of drug-likeness (QED) is 0.602. The highest BCUT2D eigenvalue weighted by Crippen LogP contribution is 2.54. The predicted molar refractivity (Wildman–Crippen MR) is 102 cm³/mol. The van der Waals surface area contributed by atoms with Gasteiger partial charge in [-0.15, -0.1) is 5.10 Å². The molecule has 136 valence electrons. The van der Waals surface area contributed by atoms with Gasteiger partial charge >= 0.3 is 0 Å². The fourth-order valence-electron chi connectivity index (χ4n) is 3.81. The lowest BCUT2D eigenvalue weighted by Gasteiger charge is -2.07. The molecule has 8 nitrogen and oxygen atoms in total. The van der Waals surface area contributed by atoms with E-state index in [1.54, 1.807) is 4.68 Å².